The molecule has 3 saturated heterocycles. The number of carbonyl (C=O) groups excluding carboxylic acids is 3. The quantitative estimate of drug-likeness (QED) is 0.408. The molecule has 3 aliphatic rings. The zero-order chi connectivity index (χ0) is 32.1. The van der Waals surface area contributed by atoms with Crippen LogP contribution in [0, 0.1) is 5.82 Å². The zero-order valence-corrected chi connectivity index (χ0v) is 25.3. The van der Waals surface area contributed by atoms with Gasteiger partial charge in [-0.05, 0) is 29.8 Å². The molecule has 2 N–H and O–H groups in total. The van der Waals surface area contributed by atoms with Gasteiger partial charge in [-0.25, -0.2) is 17.6 Å². The largest absolute Gasteiger partial charge is 0.378 e. The number of alkyl halides is 2. The van der Waals surface area contributed by atoms with E-state index in [4.69, 9.17) is 4.74 Å². The van der Waals surface area contributed by atoms with Crippen LogP contribution in [0.4, 0.5) is 23.7 Å². The number of sulfone groups is 1. The molecule has 0 radical (unpaired) electrons. The molecular weight excluding hydrogens is 617 g/mol. The van der Waals surface area contributed by atoms with Crippen LogP contribution >= 0.6 is 0 Å². The number of rotatable bonds is 8. The second kappa shape index (κ2) is 14.1. The maximum Gasteiger partial charge on any atom is 0.324 e. The summed E-state index contributed by atoms with van der Waals surface area (Å²) in [4.78, 5) is 44.5. The van der Waals surface area contributed by atoms with E-state index in [1.165, 1.54) is 21.9 Å². The highest BCUT2D eigenvalue weighted by atomic mass is 32.2. The van der Waals surface area contributed by atoms with Crippen LogP contribution in [-0.2, 0) is 32.5 Å². The van der Waals surface area contributed by atoms with Crippen LogP contribution in [-0.4, -0.2) is 117 Å². The van der Waals surface area contributed by atoms with Gasteiger partial charge in [-0.1, -0.05) is 18.2 Å². The zero-order valence-electron chi connectivity index (χ0n) is 24.5. The van der Waals surface area contributed by atoms with Crippen LogP contribution in [0.1, 0.15) is 21.5 Å². The lowest BCUT2D eigenvalue weighted by Gasteiger charge is -2.42. The van der Waals surface area contributed by atoms with Gasteiger partial charge in [-0.3, -0.25) is 35.1 Å². The molecule has 2 aromatic carbocycles. The number of ether oxygens (including phenoxy) is 1. The molecule has 3 aliphatic heterocycles. The van der Waals surface area contributed by atoms with Gasteiger partial charge in [-0.2, -0.15) is 8.78 Å². The average Bonchev–Trinajstić information content (AvgIpc) is 2.99. The van der Waals surface area contributed by atoms with Gasteiger partial charge in [-0.15, -0.1) is 0 Å². The summed E-state index contributed by atoms with van der Waals surface area (Å²) in [5.41, 5.74) is 4.67. The van der Waals surface area contributed by atoms with Crippen molar-refractivity contribution in [3.8, 4) is 0 Å². The van der Waals surface area contributed by atoms with Crippen LogP contribution in [0.15, 0.2) is 42.5 Å². The first-order valence-corrected chi connectivity index (χ1v) is 16.4. The first-order chi connectivity index (χ1) is 21.5. The summed E-state index contributed by atoms with van der Waals surface area (Å²) >= 11 is 0. The van der Waals surface area contributed by atoms with Gasteiger partial charge in [0.25, 0.3) is 5.91 Å². The highest BCUT2D eigenvalue weighted by Crippen LogP contribution is 2.24. The maximum absolute atomic E-state index is 15.2. The van der Waals surface area contributed by atoms with Gasteiger partial charge in [0.15, 0.2) is 9.84 Å². The Bertz CT molecular complexity index is 1490. The number of amides is 4. The predicted molar refractivity (Wildman–Crippen MR) is 158 cm³/mol. The number of urea groups is 1. The Morgan fingerprint density at radius 2 is 1.60 bits per heavy atom. The van der Waals surface area contributed by atoms with E-state index >= 15 is 4.39 Å². The summed E-state index contributed by atoms with van der Waals surface area (Å²) in [6.07, 6.45) is -3.34. The SMILES string of the molecule is O=C(NNC(=O)C(F)F)c1ccc(CN(C(=O)N2CCS(=O)(=O)CC2)c2ccc(CN3CCN(C4COC4)CC3)cc2)c(F)c1. The number of nitrogens with one attached hydrogen (secondary N) is 2. The van der Waals surface area contributed by atoms with E-state index in [2.05, 4.69) is 9.80 Å². The fourth-order valence-electron chi connectivity index (χ4n) is 5.34. The molecule has 12 nitrogen and oxygen atoms in total. The Hall–Kier alpha value is -3.73. The lowest BCUT2D eigenvalue weighted by Crippen LogP contribution is -2.56. The lowest BCUT2D eigenvalue weighted by atomic mass is 10.1. The molecule has 0 saturated carbocycles. The van der Waals surface area contributed by atoms with Crippen LogP contribution in [0.3, 0.4) is 0 Å². The van der Waals surface area contributed by atoms with E-state index in [0.717, 1.165) is 57.6 Å². The number of anilines is 1. The number of hydrogen-bond acceptors (Lipinski definition) is 8. The van der Waals surface area contributed by atoms with Gasteiger partial charge in [0, 0.05) is 62.6 Å². The molecule has 0 aliphatic carbocycles. The van der Waals surface area contributed by atoms with Gasteiger partial charge < -0.3 is 9.64 Å². The molecule has 0 aromatic heterocycles. The van der Waals surface area contributed by atoms with Gasteiger partial charge in [0.1, 0.15) is 5.82 Å². The van der Waals surface area contributed by atoms with Crippen LogP contribution in [0.5, 0.6) is 0 Å². The second-order valence-electron chi connectivity index (χ2n) is 11.2. The third-order valence-corrected chi connectivity index (χ3v) is 9.79. The smallest absolute Gasteiger partial charge is 0.324 e. The van der Waals surface area contributed by atoms with Crippen molar-refractivity contribution in [1.29, 1.82) is 0 Å². The van der Waals surface area contributed by atoms with Crippen molar-refractivity contribution in [3.05, 3.63) is 65.0 Å². The van der Waals surface area contributed by atoms with Crippen molar-refractivity contribution in [2.45, 2.75) is 25.6 Å². The molecule has 0 spiro atoms. The van der Waals surface area contributed by atoms with Gasteiger partial charge >= 0.3 is 18.4 Å². The molecule has 16 heteroatoms. The van der Waals surface area contributed by atoms with Crippen LogP contribution < -0.4 is 15.8 Å². The van der Waals surface area contributed by atoms with Crippen molar-refractivity contribution < 1.29 is 40.7 Å². The minimum atomic E-state index is -3.34. The normalized spacial score (nSPS) is 19.2. The summed E-state index contributed by atoms with van der Waals surface area (Å²) in [6, 6.07) is 10.7. The fourth-order valence-corrected chi connectivity index (χ4v) is 6.54. The molecule has 0 bridgehead atoms. The van der Waals surface area contributed by atoms with Gasteiger partial charge in [0.05, 0.1) is 37.3 Å². The Morgan fingerprint density at radius 1 is 0.933 bits per heavy atom. The first kappa shape index (κ1) is 32.7. The van der Waals surface area contributed by atoms with Gasteiger partial charge in [0.2, 0.25) is 0 Å². The van der Waals surface area contributed by atoms with Crippen molar-refractivity contribution in [3.63, 3.8) is 0 Å². The Labute approximate surface area is 259 Å². The number of nitrogens with zero attached hydrogens (tertiary/aromatic N) is 4. The Kier molecular flexibility index (Phi) is 10.3. The number of piperazine rings is 1. The van der Waals surface area contributed by atoms with Crippen LogP contribution in [0.25, 0.3) is 0 Å². The minimum Gasteiger partial charge on any atom is -0.378 e. The minimum absolute atomic E-state index is 0.000634. The maximum atomic E-state index is 15.2. The van der Waals surface area contributed by atoms with Crippen molar-refractivity contribution in [1.82, 2.24) is 25.6 Å². The molecule has 244 valence electrons. The average molecular weight is 653 g/mol. The van der Waals surface area contributed by atoms with E-state index in [0.29, 0.717) is 11.7 Å². The third kappa shape index (κ3) is 8.31. The molecule has 3 heterocycles. The number of hydrogen-bond donors (Lipinski definition) is 2. The molecule has 4 amide bonds. The molecule has 2 aromatic rings. The number of benzene rings is 2. The summed E-state index contributed by atoms with van der Waals surface area (Å²) in [7, 11) is -3.25. The lowest BCUT2D eigenvalue weighted by molar-refractivity contribution is -0.132. The first-order valence-electron chi connectivity index (χ1n) is 14.6. The van der Waals surface area contributed by atoms with E-state index < -0.39 is 39.9 Å². The monoisotopic (exact) mass is 652 g/mol. The molecule has 0 unspecified atom stereocenters. The van der Waals surface area contributed by atoms with Crippen molar-refractivity contribution in [2.24, 2.45) is 0 Å². The molecule has 3 fully saturated rings. The van der Waals surface area contributed by atoms with Crippen molar-refractivity contribution in [2.75, 3.05) is 68.9 Å². The second-order valence-corrected chi connectivity index (χ2v) is 13.5. The highest BCUT2D eigenvalue weighted by molar-refractivity contribution is 7.91. The standard InChI is InChI=1S/C29H35F3N6O6S/c30-25-15-21(27(39)33-34-28(40)26(31)32)3-4-22(25)17-38(29(41)37-11-13-45(42,43)14-12-37)23-5-1-20(2-6-23)16-35-7-9-36(10-8-35)24-18-44-19-24/h1-6,15,24,26H,7-14,16-19H2,(H,33,39)(H,34,40). The number of halogens is 3. The summed E-state index contributed by atoms with van der Waals surface area (Å²) in [6.45, 7) is 5.85. The van der Waals surface area contributed by atoms with E-state index in [1.54, 1.807) is 23.0 Å². The number of carbonyl (C=O) groups is 3. The Balaban J connectivity index is 1.28. The molecule has 45 heavy (non-hydrogen) atoms. The molecule has 5 rings (SSSR count). The fraction of sp³-hybridized carbons (Fsp3) is 0.483. The van der Waals surface area contributed by atoms with E-state index in [-0.39, 0.29) is 42.3 Å². The number of hydrazine groups is 1. The summed E-state index contributed by atoms with van der Waals surface area (Å²) in [5.74, 6) is -3.91. The summed E-state index contributed by atoms with van der Waals surface area (Å²) < 4.78 is 69.2. The third-order valence-electron chi connectivity index (χ3n) is 8.18. The summed E-state index contributed by atoms with van der Waals surface area (Å²) in [5, 5.41) is 0. The highest BCUT2D eigenvalue weighted by Gasteiger charge is 2.31. The molecular formula is C29H35F3N6O6S. The van der Waals surface area contributed by atoms with E-state index in [1.807, 2.05) is 12.1 Å². The Morgan fingerprint density at radius 3 is 2.18 bits per heavy atom. The van der Waals surface area contributed by atoms with E-state index in [9.17, 15) is 31.6 Å². The topological polar surface area (TPSA) is 132 Å². The van der Waals surface area contributed by atoms with Crippen molar-refractivity contribution >= 4 is 33.4 Å². The van der Waals surface area contributed by atoms with Crippen LogP contribution in [0.2, 0.25) is 0 Å². The molecule has 0 atom stereocenters. The predicted octanol–water partition coefficient (Wildman–Crippen LogP) is 1.23.